The Hall–Kier alpha value is -1.10. The number of ketones is 1. The van der Waals surface area contributed by atoms with Gasteiger partial charge in [0.15, 0.2) is 5.78 Å². The van der Waals surface area contributed by atoms with Crippen molar-refractivity contribution in [1.29, 1.82) is 0 Å². The largest absolute Gasteiger partial charge is 0.435 e. The molecule has 0 aliphatic carbocycles. The molecule has 1 rings (SSSR count). The minimum Gasteiger partial charge on any atom is -0.435 e. The molecule has 0 radical (unpaired) electrons. The van der Waals surface area contributed by atoms with Crippen LogP contribution in [-0.2, 0) is 0 Å². The molecule has 88 valence electrons. The Morgan fingerprint density at radius 1 is 1.44 bits per heavy atom. The maximum atomic E-state index is 12.1. The van der Waals surface area contributed by atoms with Crippen LogP contribution in [-0.4, -0.2) is 18.7 Å². The number of carbonyl (C=O) groups excluding carboxylic acids is 1. The molecule has 0 heterocycles. The van der Waals surface area contributed by atoms with E-state index in [0.29, 0.717) is 12.0 Å². The van der Waals surface area contributed by atoms with Crippen LogP contribution < -0.4 is 4.74 Å². The molecule has 2 nitrogen and oxygen atoms in total. The molecule has 0 saturated heterocycles. The average molecular weight is 246 g/mol. The third-order valence-corrected chi connectivity index (χ3v) is 2.69. The van der Waals surface area contributed by atoms with Crippen molar-refractivity contribution >= 4 is 17.5 Å². The zero-order valence-electron chi connectivity index (χ0n) is 9.00. The number of halogens is 2. The third-order valence-electron chi connectivity index (χ3n) is 1.98. The standard InChI is InChI=1S/C11H12F2O2S/c1-3-10(14)7-4-8(15-11(12)13)6-9(5-7)16-2/h4-6,11H,3H2,1-2H3. The van der Waals surface area contributed by atoms with Gasteiger partial charge >= 0.3 is 6.61 Å². The minimum absolute atomic E-state index is 0.0265. The molecule has 0 fully saturated rings. The zero-order chi connectivity index (χ0) is 12.1. The molecule has 1 aromatic carbocycles. The fourth-order valence-corrected chi connectivity index (χ4v) is 1.70. The highest BCUT2D eigenvalue weighted by Crippen LogP contribution is 2.25. The van der Waals surface area contributed by atoms with Gasteiger partial charge in [-0.2, -0.15) is 8.78 Å². The summed E-state index contributed by atoms with van der Waals surface area (Å²) in [5, 5.41) is 0. The summed E-state index contributed by atoms with van der Waals surface area (Å²) in [5.74, 6) is -0.0614. The highest BCUT2D eigenvalue weighted by atomic mass is 32.2. The highest BCUT2D eigenvalue weighted by molar-refractivity contribution is 7.98. The van der Waals surface area contributed by atoms with Crippen LogP contribution in [0.5, 0.6) is 5.75 Å². The second-order valence-electron chi connectivity index (χ2n) is 3.05. The molecular formula is C11H12F2O2S. The van der Waals surface area contributed by atoms with E-state index >= 15 is 0 Å². The molecule has 0 bridgehead atoms. The number of carbonyl (C=O) groups is 1. The summed E-state index contributed by atoms with van der Waals surface area (Å²) in [6, 6.07) is 4.51. The van der Waals surface area contributed by atoms with Gasteiger partial charge in [-0.05, 0) is 24.5 Å². The molecule has 16 heavy (non-hydrogen) atoms. The first-order valence-electron chi connectivity index (χ1n) is 4.74. The van der Waals surface area contributed by atoms with Crippen molar-refractivity contribution in [1.82, 2.24) is 0 Å². The number of hydrogen-bond acceptors (Lipinski definition) is 3. The number of rotatable bonds is 5. The summed E-state index contributed by atoms with van der Waals surface area (Å²) in [7, 11) is 0. The monoisotopic (exact) mass is 246 g/mol. The van der Waals surface area contributed by atoms with E-state index in [4.69, 9.17) is 0 Å². The quantitative estimate of drug-likeness (QED) is 0.586. The Morgan fingerprint density at radius 2 is 2.12 bits per heavy atom. The molecule has 5 heteroatoms. The number of hydrogen-bond donors (Lipinski definition) is 0. The van der Waals surface area contributed by atoms with E-state index in [0.717, 1.165) is 4.90 Å². The lowest BCUT2D eigenvalue weighted by Gasteiger charge is -2.08. The van der Waals surface area contributed by atoms with Crippen molar-refractivity contribution in [3.8, 4) is 5.75 Å². The van der Waals surface area contributed by atoms with E-state index in [1.54, 1.807) is 13.0 Å². The normalized spacial score (nSPS) is 10.6. The highest BCUT2D eigenvalue weighted by Gasteiger charge is 2.10. The molecule has 0 spiro atoms. The zero-order valence-corrected chi connectivity index (χ0v) is 9.81. The van der Waals surface area contributed by atoms with Crippen LogP contribution in [0.2, 0.25) is 0 Å². The molecule has 0 amide bonds. The molecule has 0 N–H and O–H groups in total. The van der Waals surface area contributed by atoms with Gasteiger partial charge in [-0.1, -0.05) is 6.92 Å². The van der Waals surface area contributed by atoms with Crippen molar-refractivity contribution in [2.24, 2.45) is 0 Å². The Bertz CT molecular complexity index is 380. The molecule has 0 aliphatic heterocycles. The van der Waals surface area contributed by atoms with Gasteiger partial charge in [0.1, 0.15) is 5.75 Å². The molecule has 0 saturated carbocycles. The Morgan fingerprint density at radius 3 is 2.62 bits per heavy atom. The van der Waals surface area contributed by atoms with E-state index < -0.39 is 6.61 Å². The average Bonchev–Trinajstić information content (AvgIpc) is 2.26. The molecular weight excluding hydrogens is 234 g/mol. The van der Waals surface area contributed by atoms with Crippen LogP contribution in [0.15, 0.2) is 23.1 Å². The van der Waals surface area contributed by atoms with Gasteiger partial charge in [-0.3, -0.25) is 4.79 Å². The van der Waals surface area contributed by atoms with E-state index in [2.05, 4.69) is 4.74 Å². The summed E-state index contributed by atoms with van der Waals surface area (Å²) < 4.78 is 28.4. The van der Waals surface area contributed by atoms with Crippen LogP contribution in [0, 0.1) is 0 Å². The van der Waals surface area contributed by atoms with Gasteiger partial charge in [0.05, 0.1) is 0 Å². The summed E-state index contributed by atoms with van der Waals surface area (Å²) in [5.41, 5.74) is 0.407. The van der Waals surface area contributed by atoms with Crippen molar-refractivity contribution in [3.63, 3.8) is 0 Å². The van der Waals surface area contributed by atoms with Crippen LogP contribution in [0.3, 0.4) is 0 Å². The van der Waals surface area contributed by atoms with Crippen LogP contribution in [0.25, 0.3) is 0 Å². The van der Waals surface area contributed by atoms with Crippen molar-refractivity contribution in [2.45, 2.75) is 24.9 Å². The van der Waals surface area contributed by atoms with Gasteiger partial charge in [0, 0.05) is 16.9 Å². The predicted octanol–water partition coefficient (Wildman–Crippen LogP) is 3.60. The molecule has 0 aromatic heterocycles. The smallest absolute Gasteiger partial charge is 0.387 e. The van der Waals surface area contributed by atoms with E-state index in [9.17, 15) is 13.6 Å². The van der Waals surface area contributed by atoms with E-state index in [1.807, 2.05) is 6.26 Å². The lowest BCUT2D eigenvalue weighted by Crippen LogP contribution is -2.04. The Kier molecular flexibility index (Phi) is 4.73. The molecule has 0 unspecified atom stereocenters. The number of Topliss-reactive ketones (excluding diaryl/α,β-unsaturated/α-hetero) is 1. The first kappa shape index (κ1) is 13.0. The lowest BCUT2D eigenvalue weighted by molar-refractivity contribution is -0.0500. The first-order valence-corrected chi connectivity index (χ1v) is 5.96. The molecule has 0 aliphatic rings. The van der Waals surface area contributed by atoms with Gasteiger partial charge in [-0.15, -0.1) is 11.8 Å². The number of benzene rings is 1. The third kappa shape index (κ3) is 3.48. The molecule has 1 aromatic rings. The Balaban J connectivity index is 3.05. The summed E-state index contributed by atoms with van der Waals surface area (Å²) >= 11 is 1.37. The topological polar surface area (TPSA) is 26.3 Å². The van der Waals surface area contributed by atoms with E-state index in [-0.39, 0.29) is 11.5 Å². The van der Waals surface area contributed by atoms with Crippen molar-refractivity contribution < 1.29 is 18.3 Å². The van der Waals surface area contributed by atoms with Crippen LogP contribution >= 0.6 is 11.8 Å². The first-order chi connectivity index (χ1) is 7.56. The molecule has 0 atom stereocenters. The Labute approximate surface area is 97.0 Å². The number of ether oxygens (including phenoxy) is 1. The van der Waals surface area contributed by atoms with Crippen LogP contribution in [0.4, 0.5) is 8.78 Å². The number of alkyl halides is 2. The second-order valence-corrected chi connectivity index (χ2v) is 3.93. The summed E-state index contributed by atoms with van der Waals surface area (Å²) in [6.07, 6.45) is 2.15. The fourth-order valence-electron chi connectivity index (χ4n) is 1.23. The van der Waals surface area contributed by atoms with Gasteiger partial charge in [-0.25, -0.2) is 0 Å². The van der Waals surface area contributed by atoms with Gasteiger partial charge < -0.3 is 4.74 Å². The van der Waals surface area contributed by atoms with Gasteiger partial charge in [0.2, 0.25) is 0 Å². The maximum absolute atomic E-state index is 12.1. The summed E-state index contributed by atoms with van der Waals surface area (Å²) in [4.78, 5) is 12.2. The summed E-state index contributed by atoms with van der Waals surface area (Å²) in [6.45, 7) is -1.15. The lowest BCUT2D eigenvalue weighted by atomic mass is 10.1. The van der Waals surface area contributed by atoms with Crippen LogP contribution in [0.1, 0.15) is 23.7 Å². The fraction of sp³-hybridized carbons (Fsp3) is 0.364. The van der Waals surface area contributed by atoms with Crippen molar-refractivity contribution in [2.75, 3.05) is 6.26 Å². The number of thioether (sulfide) groups is 1. The van der Waals surface area contributed by atoms with Crippen molar-refractivity contribution in [3.05, 3.63) is 23.8 Å². The SMILES string of the molecule is CCC(=O)c1cc(OC(F)F)cc(SC)c1. The second kappa shape index (κ2) is 5.84. The predicted molar refractivity (Wildman–Crippen MR) is 59.5 cm³/mol. The van der Waals surface area contributed by atoms with Gasteiger partial charge in [0.25, 0.3) is 0 Å². The maximum Gasteiger partial charge on any atom is 0.387 e. The van der Waals surface area contributed by atoms with E-state index in [1.165, 1.54) is 23.9 Å². The minimum atomic E-state index is -2.87.